The van der Waals surface area contributed by atoms with Gasteiger partial charge in [0.2, 0.25) is 5.75 Å². The molecule has 2 aliphatic rings. The number of aliphatic imine (C=N–C) groups is 1. The van der Waals surface area contributed by atoms with E-state index < -0.39 is 9.84 Å². The van der Waals surface area contributed by atoms with E-state index in [9.17, 15) is 13.2 Å². The SMILES string of the molecule is COc1cc(NC(=O)c2cccc(NC3=N[C@@H]4CS(=O)(=O)C[C@@H]4S3)c2)cc(OC)c1OC. The summed E-state index contributed by atoms with van der Waals surface area (Å²) in [5, 5.41) is 6.64. The molecule has 0 saturated carbocycles. The van der Waals surface area contributed by atoms with E-state index in [1.165, 1.54) is 33.1 Å². The Morgan fingerprint density at radius 1 is 1.03 bits per heavy atom. The molecule has 0 bridgehead atoms. The first-order valence-corrected chi connectivity index (χ1v) is 12.5. The molecular weight excluding hydrogens is 454 g/mol. The van der Waals surface area contributed by atoms with Crippen LogP contribution in [0.4, 0.5) is 11.4 Å². The smallest absolute Gasteiger partial charge is 0.255 e. The maximum atomic E-state index is 12.8. The molecule has 0 aliphatic carbocycles. The van der Waals surface area contributed by atoms with E-state index >= 15 is 0 Å². The lowest BCUT2D eigenvalue weighted by atomic mass is 10.1. The lowest BCUT2D eigenvalue weighted by Gasteiger charge is -2.15. The Bertz CT molecular complexity index is 1160. The normalized spacial score (nSPS) is 20.8. The first kappa shape index (κ1) is 22.3. The van der Waals surface area contributed by atoms with Gasteiger partial charge in [-0.15, -0.1) is 0 Å². The monoisotopic (exact) mass is 477 g/mol. The molecule has 0 radical (unpaired) electrons. The molecule has 2 atom stereocenters. The quantitative estimate of drug-likeness (QED) is 0.653. The number of ether oxygens (including phenoxy) is 3. The van der Waals surface area contributed by atoms with Crippen LogP contribution >= 0.6 is 11.8 Å². The van der Waals surface area contributed by atoms with Crippen LogP contribution in [0.3, 0.4) is 0 Å². The zero-order valence-corrected chi connectivity index (χ0v) is 19.4. The lowest BCUT2D eigenvalue weighted by molar-refractivity contribution is 0.102. The van der Waals surface area contributed by atoms with Crippen molar-refractivity contribution in [2.45, 2.75) is 11.3 Å². The van der Waals surface area contributed by atoms with Crippen LogP contribution in [0.15, 0.2) is 41.4 Å². The Labute approximate surface area is 190 Å². The summed E-state index contributed by atoms with van der Waals surface area (Å²) in [7, 11) is 1.52. The number of fused-ring (bicyclic) bond motifs is 1. The third kappa shape index (κ3) is 4.63. The van der Waals surface area contributed by atoms with Gasteiger partial charge < -0.3 is 24.8 Å². The van der Waals surface area contributed by atoms with Crippen LogP contribution in [0.2, 0.25) is 0 Å². The van der Waals surface area contributed by atoms with Crippen LogP contribution < -0.4 is 24.8 Å². The Morgan fingerprint density at radius 2 is 1.75 bits per heavy atom. The number of nitrogens with zero attached hydrogens (tertiary/aromatic N) is 1. The van der Waals surface area contributed by atoms with Crippen LogP contribution in [-0.2, 0) is 9.84 Å². The van der Waals surface area contributed by atoms with Crippen molar-refractivity contribution >= 4 is 44.0 Å². The Kier molecular flexibility index (Phi) is 6.20. The summed E-state index contributed by atoms with van der Waals surface area (Å²) < 4.78 is 39.4. The number of amides is 1. The fourth-order valence-corrected chi connectivity index (χ4v) is 7.31. The molecule has 32 heavy (non-hydrogen) atoms. The summed E-state index contributed by atoms with van der Waals surface area (Å²) in [4.78, 5) is 17.3. The van der Waals surface area contributed by atoms with E-state index in [-0.39, 0.29) is 28.7 Å². The Morgan fingerprint density at radius 3 is 2.38 bits per heavy atom. The fraction of sp³-hybridized carbons (Fsp3) is 0.333. The molecule has 9 nitrogen and oxygen atoms in total. The topological polar surface area (TPSA) is 115 Å². The first-order chi connectivity index (χ1) is 15.3. The standard InChI is InChI=1S/C21H23N3O6S2/c1-28-16-8-14(9-17(29-2)19(16)30-3)22-20(25)12-5-4-6-13(7-12)23-21-24-15-10-32(26,27)11-18(15)31-21/h4-9,15,18H,10-11H2,1-3H3,(H,22,25)(H,23,24)/t15-,18+/m1/s1. The highest BCUT2D eigenvalue weighted by Crippen LogP contribution is 2.40. The third-order valence-corrected chi connectivity index (χ3v) is 8.26. The molecule has 2 aliphatic heterocycles. The Balaban J connectivity index is 1.48. The van der Waals surface area contributed by atoms with Crippen molar-refractivity contribution in [2.75, 3.05) is 43.5 Å². The second-order valence-corrected chi connectivity index (χ2v) is 10.7. The zero-order chi connectivity index (χ0) is 22.9. The minimum Gasteiger partial charge on any atom is -0.493 e. The summed E-state index contributed by atoms with van der Waals surface area (Å²) >= 11 is 1.43. The third-order valence-electron chi connectivity index (χ3n) is 5.12. The predicted molar refractivity (Wildman–Crippen MR) is 125 cm³/mol. The fourth-order valence-electron chi connectivity index (χ4n) is 3.63. The molecule has 2 heterocycles. The number of hydrogen-bond acceptors (Lipinski definition) is 9. The van der Waals surface area contributed by atoms with E-state index in [0.717, 1.165) is 0 Å². The number of sulfone groups is 1. The largest absolute Gasteiger partial charge is 0.493 e. The molecule has 2 aromatic rings. The number of benzene rings is 2. The molecule has 11 heteroatoms. The number of carbonyl (C=O) groups excluding carboxylic acids is 1. The summed E-state index contributed by atoms with van der Waals surface area (Å²) in [6, 6.07) is 10.1. The van der Waals surface area contributed by atoms with Gasteiger partial charge in [0.05, 0.1) is 38.9 Å². The number of rotatable bonds is 6. The summed E-state index contributed by atoms with van der Waals surface area (Å²) in [5.41, 5.74) is 1.62. The number of carbonyl (C=O) groups is 1. The van der Waals surface area contributed by atoms with Crippen molar-refractivity contribution in [2.24, 2.45) is 4.99 Å². The highest BCUT2D eigenvalue weighted by molar-refractivity contribution is 8.15. The van der Waals surface area contributed by atoms with Crippen molar-refractivity contribution in [1.82, 2.24) is 0 Å². The average molecular weight is 478 g/mol. The van der Waals surface area contributed by atoms with Crippen LogP contribution in [-0.4, -0.2) is 63.6 Å². The second kappa shape index (κ2) is 8.91. The van der Waals surface area contributed by atoms with Gasteiger partial charge >= 0.3 is 0 Å². The van der Waals surface area contributed by atoms with Crippen molar-refractivity contribution in [3.8, 4) is 17.2 Å². The van der Waals surface area contributed by atoms with Crippen LogP contribution in [0, 0.1) is 0 Å². The number of thioether (sulfide) groups is 1. The van der Waals surface area contributed by atoms with Gasteiger partial charge in [-0.2, -0.15) is 0 Å². The molecule has 2 N–H and O–H groups in total. The summed E-state index contributed by atoms with van der Waals surface area (Å²) in [6.45, 7) is 0. The van der Waals surface area contributed by atoms with Gasteiger partial charge in [-0.1, -0.05) is 17.8 Å². The maximum absolute atomic E-state index is 12.8. The van der Waals surface area contributed by atoms with Gasteiger partial charge in [0.1, 0.15) is 0 Å². The van der Waals surface area contributed by atoms with Gasteiger partial charge in [-0.25, -0.2) is 8.42 Å². The van der Waals surface area contributed by atoms with E-state index in [4.69, 9.17) is 14.2 Å². The van der Waals surface area contributed by atoms with Crippen LogP contribution in [0.25, 0.3) is 0 Å². The summed E-state index contributed by atoms with van der Waals surface area (Å²) in [6.07, 6.45) is 0. The minimum atomic E-state index is -3.00. The minimum absolute atomic E-state index is 0.0472. The maximum Gasteiger partial charge on any atom is 0.255 e. The highest BCUT2D eigenvalue weighted by Gasteiger charge is 2.42. The van der Waals surface area contributed by atoms with E-state index in [2.05, 4.69) is 15.6 Å². The van der Waals surface area contributed by atoms with Crippen molar-refractivity contribution in [1.29, 1.82) is 0 Å². The molecule has 170 valence electrons. The molecule has 1 saturated heterocycles. The molecule has 4 rings (SSSR count). The molecule has 0 unspecified atom stereocenters. The van der Waals surface area contributed by atoms with E-state index in [1.807, 2.05) is 6.07 Å². The van der Waals surface area contributed by atoms with E-state index in [0.29, 0.717) is 39.4 Å². The van der Waals surface area contributed by atoms with Crippen molar-refractivity contribution in [3.63, 3.8) is 0 Å². The van der Waals surface area contributed by atoms with Gasteiger partial charge in [0, 0.05) is 34.3 Å². The van der Waals surface area contributed by atoms with Gasteiger partial charge in [-0.3, -0.25) is 9.79 Å². The Hall–Kier alpha value is -2.92. The van der Waals surface area contributed by atoms with Crippen molar-refractivity contribution in [3.05, 3.63) is 42.0 Å². The first-order valence-electron chi connectivity index (χ1n) is 9.75. The second-order valence-electron chi connectivity index (χ2n) is 7.31. The van der Waals surface area contributed by atoms with Crippen LogP contribution in [0.1, 0.15) is 10.4 Å². The van der Waals surface area contributed by atoms with Crippen LogP contribution in [0.5, 0.6) is 17.2 Å². The van der Waals surface area contributed by atoms with Gasteiger partial charge in [0.25, 0.3) is 5.91 Å². The number of nitrogens with one attached hydrogen (secondary N) is 2. The van der Waals surface area contributed by atoms with Gasteiger partial charge in [-0.05, 0) is 18.2 Å². The zero-order valence-electron chi connectivity index (χ0n) is 17.7. The number of anilines is 2. The molecule has 1 fully saturated rings. The van der Waals surface area contributed by atoms with E-state index in [1.54, 1.807) is 30.3 Å². The molecule has 1 amide bonds. The van der Waals surface area contributed by atoms with Crippen molar-refractivity contribution < 1.29 is 27.4 Å². The number of hydrogen-bond donors (Lipinski definition) is 2. The predicted octanol–water partition coefficient (Wildman–Crippen LogP) is 2.65. The number of methoxy groups -OCH3 is 3. The van der Waals surface area contributed by atoms with Gasteiger partial charge in [0.15, 0.2) is 26.5 Å². The highest BCUT2D eigenvalue weighted by atomic mass is 32.2. The molecule has 0 spiro atoms. The molecule has 0 aromatic heterocycles. The summed E-state index contributed by atoms with van der Waals surface area (Å²) in [5.74, 6) is 1.22. The number of amidine groups is 1. The lowest BCUT2D eigenvalue weighted by Crippen LogP contribution is -2.14. The molecule has 2 aromatic carbocycles. The molecular formula is C21H23N3O6S2. The average Bonchev–Trinajstić information content (AvgIpc) is 3.25.